The number of anilines is 1. The van der Waals surface area contributed by atoms with Gasteiger partial charge in [0.15, 0.2) is 0 Å². The Kier molecular flexibility index (Phi) is 12.5. The molecule has 3 aliphatic carbocycles. The van der Waals surface area contributed by atoms with Crippen molar-refractivity contribution in [2.75, 3.05) is 45.9 Å². The fourth-order valence-electron chi connectivity index (χ4n) is 10.00. The lowest BCUT2D eigenvalue weighted by molar-refractivity contribution is 0.180. The van der Waals surface area contributed by atoms with Crippen LogP contribution in [0.1, 0.15) is 116 Å². The molecular formula is C53H64N4O4. The maximum atomic E-state index is 6.54. The molecule has 4 aliphatic rings. The molecule has 4 fully saturated rings. The summed E-state index contributed by atoms with van der Waals surface area (Å²) in [6.07, 6.45) is 17.3. The molecule has 3 aromatic carbocycles. The van der Waals surface area contributed by atoms with Crippen LogP contribution in [-0.4, -0.2) is 61.9 Å². The van der Waals surface area contributed by atoms with Crippen LogP contribution >= 0.6 is 0 Å². The van der Waals surface area contributed by atoms with Crippen LogP contribution in [0.25, 0.3) is 22.5 Å². The number of hydrogen-bond donors (Lipinski definition) is 0. The second-order valence-corrected chi connectivity index (χ2v) is 18.2. The normalized spacial score (nSPS) is 17.6. The minimum atomic E-state index is 0.342. The van der Waals surface area contributed by atoms with Gasteiger partial charge in [0, 0.05) is 73.1 Å². The van der Waals surface area contributed by atoms with Crippen molar-refractivity contribution in [2.45, 2.75) is 115 Å². The summed E-state index contributed by atoms with van der Waals surface area (Å²) in [5, 5.41) is 0. The van der Waals surface area contributed by atoms with Crippen molar-refractivity contribution < 1.29 is 18.9 Å². The lowest BCUT2D eigenvalue weighted by atomic mass is 9.77. The molecule has 8 heteroatoms. The van der Waals surface area contributed by atoms with E-state index in [1.165, 1.54) is 96.9 Å². The van der Waals surface area contributed by atoms with E-state index in [9.17, 15) is 0 Å². The Morgan fingerprint density at radius 2 is 1.38 bits per heavy atom. The third-order valence-corrected chi connectivity index (χ3v) is 14.5. The largest absolute Gasteiger partial charge is 0.496 e. The number of nitrogens with zero attached hydrogens (tertiary/aromatic N) is 4. The molecule has 0 bridgehead atoms. The van der Waals surface area contributed by atoms with Gasteiger partial charge in [-0.15, -0.1) is 0 Å². The molecule has 0 N–H and O–H groups in total. The summed E-state index contributed by atoms with van der Waals surface area (Å²) in [6, 6.07) is 24.9. The number of hydrogen-bond acceptors (Lipinski definition) is 8. The van der Waals surface area contributed by atoms with Gasteiger partial charge >= 0.3 is 0 Å². The zero-order valence-corrected chi connectivity index (χ0v) is 37.1. The summed E-state index contributed by atoms with van der Waals surface area (Å²) in [6.45, 7) is 8.82. The predicted octanol–water partition coefficient (Wildman–Crippen LogP) is 11.8. The van der Waals surface area contributed by atoms with Crippen molar-refractivity contribution in [2.24, 2.45) is 5.92 Å². The topological polar surface area (TPSA) is 69.2 Å². The van der Waals surface area contributed by atoms with E-state index in [1.807, 2.05) is 12.4 Å². The van der Waals surface area contributed by atoms with Crippen molar-refractivity contribution in [1.82, 2.24) is 14.9 Å². The lowest BCUT2D eigenvalue weighted by Gasteiger charge is -2.40. The van der Waals surface area contributed by atoms with Crippen LogP contribution in [0, 0.1) is 19.8 Å². The first-order valence-corrected chi connectivity index (χ1v) is 23.0. The number of aromatic nitrogens is 2. The molecule has 0 atom stereocenters. The standard InChI is InChI=1S/C53H64N4O4/c1-35-17-18-45(31-48(35)61-34-37-10-6-11-37)57(33-41-16-9-22-55-53(41)43-29-50(59-4)52(40-14-8-15-40)51(30-43)60-5)44-20-24-56(25-21-44)32-38-19-23-54-47(26-38)42-27-46(39-12-7-13-39)36(2)49(28-42)58-3/h9,16-19,22-23,26-31,37,39-40,44H,6-8,10-15,20-21,24-25,32-34H2,1-5H3. The molecule has 8 nitrogen and oxygen atoms in total. The number of piperidine rings is 1. The van der Waals surface area contributed by atoms with Crippen molar-refractivity contribution in [1.29, 1.82) is 0 Å². The van der Waals surface area contributed by atoms with E-state index in [0.29, 0.717) is 23.8 Å². The summed E-state index contributed by atoms with van der Waals surface area (Å²) in [7, 11) is 5.33. The molecule has 0 radical (unpaired) electrons. The maximum Gasteiger partial charge on any atom is 0.126 e. The Labute approximate surface area is 363 Å². The number of pyridine rings is 2. The highest BCUT2D eigenvalue weighted by Crippen LogP contribution is 2.48. The summed E-state index contributed by atoms with van der Waals surface area (Å²) < 4.78 is 24.5. The van der Waals surface area contributed by atoms with Crippen LogP contribution in [0.4, 0.5) is 5.69 Å². The monoisotopic (exact) mass is 820 g/mol. The first kappa shape index (κ1) is 41.3. The quantitative estimate of drug-likeness (QED) is 0.0975. The van der Waals surface area contributed by atoms with Crippen LogP contribution in [0.15, 0.2) is 79.1 Å². The minimum Gasteiger partial charge on any atom is -0.496 e. The molecule has 1 saturated heterocycles. The van der Waals surface area contributed by atoms with E-state index in [1.54, 1.807) is 21.3 Å². The summed E-state index contributed by atoms with van der Waals surface area (Å²) in [5.74, 6) is 5.53. The van der Waals surface area contributed by atoms with Gasteiger partial charge < -0.3 is 23.8 Å². The molecule has 3 heterocycles. The average molecular weight is 821 g/mol. The highest BCUT2D eigenvalue weighted by atomic mass is 16.5. The summed E-state index contributed by atoms with van der Waals surface area (Å²) in [5.41, 5.74) is 12.9. The Hall–Kier alpha value is -5.08. The zero-order valence-electron chi connectivity index (χ0n) is 37.1. The molecule has 0 unspecified atom stereocenters. The third kappa shape index (κ3) is 8.84. The van der Waals surface area contributed by atoms with Crippen molar-refractivity contribution in [3.63, 3.8) is 0 Å². The summed E-state index contributed by atoms with van der Waals surface area (Å²) >= 11 is 0. The van der Waals surface area contributed by atoms with E-state index in [-0.39, 0.29) is 0 Å². The van der Waals surface area contributed by atoms with E-state index < -0.39 is 0 Å². The average Bonchev–Trinajstić information content (AvgIpc) is 3.23. The van der Waals surface area contributed by atoms with Gasteiger partial charge in [-0.25, -0.2) is 0 Å². The zero-order chi connectivity index (χ0) is 41.9. The molecule has 3 saturated carbocycles. The second kappa shape index (κ2) is 18.5. The van der Waals surface area contributed by atoms with Crippen LogP contribution in [0.2, 0.25) is 0 Å². The van der Waals surface area contributed by atoms with Gasteiger partial charge in [0.2, 0.25) is 0 Å². The van der Waals surface area contributed by atoms with Gasteiger partial charge in [0.05, 0.1) is 39.3 Å². The number of aryl methyl sites for hydroxylation is 1. The van der Waals surface area contributed by atoms with E-state index in [0.717, 1.165) is 91.1 Å². The number of likely N-dealkylation sites (tertiary alicyclic amines) is 1. The first-order valence-electron chi connectivity index (χ1n) is 23.0. The van der Waals surface area contributed by atoms with E-state index >= 15 is 0 Å². The summed E-state index contributed by atoms with van der Waals surface area (Å²) in [4.78, 5) is 15.1. The van der Waals surface area contributed by atoms with Crippen molar-refractivity contribution in [3.8, 4) is 45.5 Å². The van der Waals surface area contributed by atoms with Crippen molar-refractivity contribution >= 4 is 5.69 Å². The number of ether oxygens (including phenoxy) is 4. The molecular weight excluding hydrogens is 757 g/mol. The Morgan fingerprint density at radius 3 is 2.03 bits per heavy atom. The molecule has 1 aliphatic heterocycles. The highest BCUT2D eigenvalue weighted by Gasteiger charge is 2.30. The van der Waals surface area contributed by atoms with Gasteiger partial charge in [-0.1, -0.05) is 31.4 Å². The highest BCUT2D eigenvalue weighted by molar-refractivity contribution is 5.70. The van der Waals surface area contributed by atoms with Gasteiger partial charge in [0.25, 0.3) is 0 Å². The first-order chi connectivity index (χ1) is 29.9. The fraction of sp³-hybridized carbons (Fsp3) is 0.472. The maximum absolute atomic E-state index is 6.54. The third-order valence-electron chi connectivity index (χ3n) is 14.5. The van der Waals surface area contributed by atoms with Gasteiger partial charge in [0.1, 0.15) is 23.0 Å². The van der Waals surface area contributed by atoms with Crippen LogP contribution in [0.5, 0.6) is 23.0 Å². The smallest absolute Gasteiger partial charge is 0.126 e. The van der Waals surface area contributed by atoms with E-state index in [4.69, 9.17) is 28.9 Å². The second-order valence-electron chi connectivity index (χ2n) is 18.2. The van der Waals surface area contributed by atoms with Crippen LogP contribution < -0.4 is 23.8 Å². The Balaban J connectivity index is 0.969. The SMILES string of the molecule is COc1cc(-c2cc(CN3CCC(N(Cc4cccnc4-c4cc(OC)c(C5CCC5)c(OC)c4)c4ccc(C)c(OCC5CCC5)c4)CC3)ccn2)cc(C2CCC2)c1C. The Morgan fingerprint density at radius 1 is 0.672 bits per heavy atom. The van der Waals surface area contributed by atoms with Crippen LogP contribution in [-0.2, 0) is 13.1 Å². The number of methoxy groups -OCH3 is 3. The predicted molar refractivity (Wildman–Crippen MR) is 245 cm³/mol. The van der Waals surface area contributed by atoms with Gasteiger partial charge in [-0.05, 0) is 159 Å². The Bertz CT molecular complexity index is 2280. The molecule has 2 aromatic heterocycles. The lowest BCUT2D eigenvalue weighted by Crippen LogP contribution is -2.44. The molecule has 9 rings (SSSR count). The molecule has 61 heavy (non-hydrogen) atoms. The minimum absolute atomic E-state index is 0.342. The van der Waals surface area contributed by atoms with Gasteiger partial charge in [-0.2, -0.15) is 0 Å². The van der Waals surface area contributed by atoms with Gasteiger partial charge in [-0.3, -0.25) is 14.9 Å². The molecule has 0 amide bonds. The molecule has 0 spiro atoms. The van der Waals surface area contributed by atoms with Crippen LogP contribution in [0.3, 0.4) is 0 Å². The fourth-order valence-corrected chi connectivity index (χ4v) is 10.00. The molecule has 320 valence electrons. The van der Waals surface area contributed by atoms with E-state index in [2.05, 4.69) is 90.4 Å². The number of rotatable bonds is 16. The number of benzene rings is 3. The molecule has 5 aromatic rings. The van der Waals surface area contributed by atoms with Crippen molar-refractivity contribution in [3.05, 3.63) is 113 Å².